The molecule has 0 aromatic carbocycles. The molecule has 188 valence electrons. The Morgan fingerprint density at radius 3 is 1.97 bits per heavy atom. The molecule has 4 nitrogen and oxygen atoms in total. The standard InChI is InChI=1S/C28H52O4/c1-5-7-17-24(6-2)22-32-28(30)26-19-15-18-25(21-26)27(29)31-20-14-12-10-8-9-11-13-16-23(3)4/h23-26H,5-22H2,1-4H3. The largest absolute Gasteiger partial charge is 0.465 e. The first-order valence-corrected chi connectivity index (χ1v) is 13.8. The van der Waals surface area contributed by atoms with Crippen molar-refractivity contribution >= 4 is 11.9 Å². The van der Waals surface area contributed by atoms with Gasteiger partial charge in [-0.25, -0.2) is 0 Å². The summed E-state index contributed by atoms with van der Waals surface area (Å²) in [4.78, 5) is 25.0. The van der Waals surface area contributed by atoms with Crippen LogP contribution in [0, 0.1) is 23.7 Å². The van der Waals surface area contributed by atoms with Crippen molar-refractivity contribution in [1.82, 2.24) is 0 Å². The molecule has 0 heterocycles. The van der Waals surface area contributed by atoms with Gasteiger partial charge in [0.05, 0.1) is 25.0 Å². The molecule has 0 aliphatic heterocycles. The summed E-state index contributed by atoms with van der Waals surface area (Å²) in [5.41, 5.74) is 0. The summed E-state index contributed by atoms with van der Waals surface area (Å²) in [5.74, 6) is 0.795. The zero-order valence-corrected chi connectivity index (χ0v) is 21.7. The van der Waals surface area contributed by atoms with Crippen molar-refractivity contribution in [1.29, 1.82) is 0 Å². The van der Waals surface area contributed by atoms with Gasteiger partial charge in [0, 0.05) is 0 Å². The summed E-state index contributed by atoms with van der Waals surface area (Å²) in [7, 11) is 0. The Bertz CT molecular complexity index is 488. The van der Waals surface area contributed by atoms with Crippen molar-refractivity contribution < 1.29 is 19.1 Å². The van der Waals surface area contributed by atoms with E-state index in [9.17, 15) is 9.59 Å². The van der Waals surface area contributed by atoms with Gasteiger partial charge in [-0.1, -0.05) is 98.3 Å². The first-order valence-electron chi connectivity index (χ1n) is 13.8. The number of ether oxygens (including phenoxy) is 2. The van der Waals surface area contributed by atoms with Gasteiger partial charge in [0.25, 0.3) is 0 Å². The van der Waals surface area contributed by atoms with Crippen LogP contribution in [0.1, 0.15) is 130 Å². The number of hydrogen-bond donors (Lipinski definition) is 0. The van der Waals surface area contributed by atoms with Crippen LogP contribution in [0.4, 0.5) is 0 Å². The van der Waals surface area contributed by atoms with Gasteiger partial charge >= 0.3 is 11.9 Å². The zero-order valence-electron chi connectivity index (χ0n) is 21.7. The van der Waals surface area contributed by atoms with Crippen LogP contribution in [0.5, 0.6) is 0 Å². The first-order chi connectivity index (χ1) is 15.5. The molecule has 1 saturated carbocycles. The first kappa shape index (κ1) is 29.0. The van der Waals surface area contributed by atoms with E-state index in [0.717, 1.165) is 50.9 Å². The third-order valence-corrected chi connectivity index (χ3v) is 7.02. The van der Waals surface area contributed by atoms with Crippen LogP contribution in [-0.4, -0.2) is 25.2 Å². The van der Waals surface area contributed by atoms with Gasteiger partial charge in [-0.2, -0.15) is 0 Å². The lowest BCUT2D eigenvalue weighted by Gasteiger charge is -2.27. The van der Waals surface area contributed by atoms with Gasteiger partial charge in [-0.3, -0.25) is 9.59 Å². The molecule has 0 aromatic rings. The van der Waals surface area contributed by atoms with Crippen molar-refractivity contribution in [3.63, 3.8) is 0 Å². The van der Waals surface area contributed by atoms with Crippen LogP contribution in [0.15, 0.2) is 0 Å². The molecule has 1 rings (SSSR count). The van der Waals surface area contributed by atoms with Crippen molar-refractivity contribution in [3.8, 4) is 0 Å². The van der Waals surface area contributed by atoms with E-state index in [2.05, 4.69) is 27.7 Å². The third-order valence-electron chi connectivity index (χ3n) is 7.02. The number of unbranched alkanes of at least 4 members (excludes halogenated alkanes) is 7. The SMILES string of the molecule is CCCCC(CC)COC(=O)C1CCCC(C(=O)OCCCCCCCCCC(C)C)C1. The van der Waals surface area contributed by atoms with Crippen molar-refractivity contribution in [2.45, 2.75) is 130 Å². The summed E-state index contributed by atoms with van der Waals surface area (Å²) in [6.45, 7) is 9.98. The molecule has 1 aliphatic carbocycles. The van der Waals surface area contributed by atoms with E-state index in [1.807, 2.05) is 0 Å². The molecule has 3 unspecified atom stereocenters. The lowest BCUT2D eigenvalue weighted by atomic mass is 9.81. The molecular weight excluding hydrogens is 400 g/mol. The zero-order chi connectivity index (χ0) is 23.6. The molecule has 0 bridgehead atoms. The van der Waals surface area contributed by atoms with Gasteiger partial charge in [-0.15, -0.1) is 0 Å². The summed E-state index contributed by atoms with van der Waals surface area (Å²) in [5, 5.41) is 0. The van der Waals surface area contributed by atoms with Gasteiger partial charge in [0.2, 0.25) is 0 Å². The van der Waals surface area contributed by atoms with Crippen molar-refractivity contribution in [2.75, 3.05) is 13.2 Å². The van der Waals surface area contributed by atoms with Crippen LogP contribution in [0.3, 0.4) is 0 Å². The summed E-state index contributed by atoms with van der Waals surface area (Å²) >= 11 is 0. The van der Waals surface area contributed by atoms with Crippen LogP contribution in [-0.2, 0) is 19.1 Å². The Kier molecular flexibility index (Phi) is 16.6. The topological polar surface area (TPSA) is 52.6 Å². The quantitative estimate of drug-likeness (QED) is 0.157. The van der Waals surface area contributed by atoms with E-state index in [-0.39, 0.29) is 23.8 Å². The minimum absolute atomic E-state index is 0.106. The fourth-order valence-corrected chi connectivity index (χ4v) is 4.66. The molecule has 0 saturated heterocycles. The molecule has 32 heavy (non-hydrogen) atoms. The van der Waals surface area contributed by atoms with E-state index < -0.39 is 0 Å². The highest BCUT2D eigenvalue weighted by atomic mass is 16.5. The van der Waals surface area contributed by atoms with Crippen LogP contribution in [0.2, 0.25) is 0 Å². The van der Waals surface area contributed by atoms with Gasteiger partial charge < -0.3 is 9.47 Å². The third kappa shape index (κ3) is 13.5. The van der Waals surface area contributed by atoms with Crippen LogP contribution in [0.25, 0.3) is 0 Å². The van der Waals surface area contributed by atoms with E-state index >= 15 is 0 Å². The smallest absolute Gasteiger partial charge is 0.308 e. The van der Waals surface area contributed by atoms with E-state index in [1.165, 1.54) is 51.4 Å². The van der Waals surface area contributed by atoms with Crippen LogP contribution < -0.4 is 0 Å². The molecule has 1 aliphatic rings. The Labute approximate surface area is 198 Å². The minimum Gasteiger partial charge on any atom is -0.465 e. The predicted molar refractivity (Wildman–Crippen MR) is 132 cm³/mol. The number of esters is 2. The molecular formula is C28H52O4. The normalized spacial score (nSPS) is 19.7. The fraction of sp³-hybridized carbons (Fsp3) is 0.929. The number of hydrogen-bond acceptors (Lipinski definition) is 4. The lowest BCUT2D eigenvalue weighted by Crippen LogP contribution is -2.30. The second-order valence-electron chi connectivity index (χ2n) is 10.4. The van der Waals surface area contributed by atoms with E-state index in [0.29, 0.717) is 25.6 Å². The van der Waals surface area contributed by atoms with Gasteiger partial charge in [-0.05, 0) is 43.9 Å². The highest BCUT2D eigenvalue weighted by molar-refractivity contribution is 5.76. The molecule has 4 heteroatoms. The average Bonchev–Trinajstić information content (AvgIpc) is 2.80. The second kappa shape index (κ2) is 18.4. The highest BCUT2D eigenvalue weighted by Crippen LogP contribution is 2.31. The highest BCUT2D eigenvalue weighted by Gasteiger charge is 2.33. The lowest BCUT2D eigenvalue weighted by molar-refractivity contribution is -0.156. The maximum atomic E-state index is 12.5. The average molecular weight is 453 g/mol. The van der Waals surface area contributed by atoms with E-state index in [4.69, 9.17) is 9.47 Å². The van der Waals surface area contributed by atoms with E-state index in [1.54, 1.807) is 0 Å². The molecule has 0 N–H and O–H groups in total. The number of carbonyl (C=O) groups excluding carboxylic acids is 2. The van der Waals surface area contributed by atoms with Gasteiger partial charge in [0.1, 0.15) is 0 Å². The monoisotopic (exact) mass is 452 g/mol. The maximum Gasteiger partial charge on any atom is 0.308 e. The molecule has 3 atom stereocenters. The maximum absolute atomic E-state index is 12.5. The van der Waals surface area contributed by atoms with Gasteiger partial charge in [0.15, 0.2) is 0 Å². The Morgan fingerprint density at radius 2 is 1.38 bits per heavy atom. The molecule has 0 aromatic heterocycles. The summed E-state index contributed by atoms with van der Waals surface area (Å²) in [6, 6.07) is 0. The fourth-order valence-electron chi connectivity index (χ4n) is 4.66. The summed E-state index contributed by atoms with van der Waals surface area (Å²) < 4.78 is 11.2. The van der Waals surface area contributed by atoms with Crippen molar-refractivity contribution in [3.05, 3.63) is 0 Å². The minimum atomic E-state index is -0.138. The number of carbonyl (C=O) groups is 2. The summed E-state index contributed by atoms with van der Waals surface area (Å²) in [6.07, 6.45) is 17.7. The number of rotatable bonds is 18. The Morgan fingerprint density at radius 1 is 0.781 bits per heavy atom. The Hall–Kier alpha value is -1.06. The molecule has 0 spiro atoms. The predicted octanol–water partition coefficient (Wildman–Crippen LogP) is 7.87. The Balaban J connectivity index is 2.15. The molecule has 0 amide bonds. The molecule has 0 radical (unpaired) electrons. The molecule has 1 fully saturated rings. The van der Waals surface area contributed by atoms with Crippen LogP contribution >= 0.6 is 0 Å². The second-order valence-corrected chi connectivity index (χ2v) is 10.4. The van der Waals surface area contributed by atoms with Crippen molar-refractivity contribution in [2.24, 2.45) is 23.7 Å².